The van der Waals surface area contributed by atoms with E-state index >= 15 is 0 Å². The van der Waals surface area contributed by atoms with E-state index in [4.69, 9.17) is 4.98 Å². The Morgan fingerprint density at radius 2 is 1.68 bits per heavy atom. The molecule has 2 aromatic carbocycles. The number of benzene rings is 2. The van der Waals surface area contributed by atoms with Gasteiger partial charge in [-0.05, 0) is 24.3 Å². The number of nitrogens with zero attached hydrogens (tertiary/aromatic N) is 5. The Morgan fingerprint density at radius 3 is 2.45 bits per heavy atom. The number of rotatable bonds is 4. The minimum atomic E-state index is -0.0802. The second-order valence-corrected chi connectivity index (χ2v) is 8.85. The van der Waals surface area contributed by atoms with E-state index in [1.54, 1.807) is 11.3 Å². The van der Waals surface area contributed by atoms with E-state index in [-0.39, 0.29) is 11.8 Å². The molecule has 3 heterocycles. The van der Waals surface area contributed by atoms with Crippen LogP contribution in [0.4, 0.5) is 5.69 Å². The van der Waals surface area contributed by atoms with Gasteiger partial charge in [-0.25, -0.2) is 9.99 Å². The van der Waals surface area contributed by atoms with Crippen LogP contribution in [-0.2, 0) is 16.1 Å². The smallest absolute Gasteiger partial charge is 0.270 e. The lowest BCUT2D eigenvalue weighted by molar-refractivity contribution is -0.126. The lowest BCUT2D eigenvalue weighted by Gasteiger charge is -2.35. The molecule has 5 rings (SSSR count). The number of aromatic nitrogens is 1. The first-order chi connectivity index (χ1) is 15.2. The standard InChI is InChI=1S/C23H23N5O2S/c29-22-11-10-19(25-28(22)17-6-2-1-3-7-17)23(30)27-14-12-26(13-15-27)16-21-24-18-8-4-5-9-20(18)31-21/h1-9H,10-16H2. The second kappa shape index (κ2) is 8.56. The third-order valence-electron chi connectivity index (χ3n) is 5.64. The van der Waals surface area contributed by atoms with Gasteiger partial charge in [0.2, 0.25) is 5.91 Å². The number of carbonyl (C=O) groups excluding carboxylic acids is 2. The van der Waals surface area contributed by atoms with Gasteiger partial charge in [-0.2, -0.15) is 5.10 Å². The molecule has 0 bridgehead atoms. The summed E-state index contributed by atoms with van der Waals surface area (Å²) in [5, 5.41) is 6.87. The van der Waals surface area contributed by atoms with E-state index in [9.17, 15) is 9.59 Å². The van der Waals surface area contributed by atoms with Gasteiger partial charge < -0.3 is 4.90 Å². The van der Waals surface area contributed by atoms with Gasteiger partial charge in [-0.1, -0.05) is 30.3 Å². The van der Waals surface area contributed by atoms with Crippen LogP contribution < -0.4 is 5.01 Å². The summed E-state index contributed by atoms with van der Waals surface area (Å²) < 4.78 is 1.21. The van der Waals surface area contributed by atoms with Crippen molar-refractivity contribution in [2.75, 3.05) is 31.2 Å². The van der Waals surface area contributed by atoms with E-state index in [1.807, 2.05) is 53.4 Å². The highest BCUT2D eigenvalue weighted by molar-refractivity contribution is 7.18. The van der Waals surface area contributed by atoms with Gasteiger partial charge in [-0.15, -0.1) is 11.3 Å². The van der Waals surface area contributed by atoms with Crippen molar-refractivity contribution in [1.82, 2.24) is 14.8 Å². The van der Waals surface area contributed by atoms with Crippen molar-refractivity contribution in [2.24, 2.45) is 5.10 Å². The summed E-state index contributed by atoms with van der Waals surface area (Å²) >= 11 is 1.73. The minimum absolute atomic E-state index is 0.0620. The van der Waals surface area contributed by atoms with Crippen LogP contribution in [0.1, 0.15) is 17.8 Å². The molecule has 0 unspecified atom stereocenters. The van der Waals surface area contributed by atoms with Crippen LogP contribution in [0.25, 0.3) is 10.2 Å². The second-order valence-electron chi connectivity index (χ2n) is 7.73. The zero-order valence-corrected chi connectivity index (χ0v) is 17.9. The van der Waals surface area contributed by atoms with Crippen LogP contribution in [0.5, 0.6) is 0 Å². The monoisotopic (exact) mass is 433 g/mol. The average molecular weight is 434 g/mol. The molecule has 1 aromatic heterocycles. The Morgan fingerprint density at radius 1 is 0.935 bits per heavy atom. The molecule has 0 N–H and O–H groups in total. The maximum absolute atomic E-state index is 13.0. The Balaban J connectivity index is 1.22. The zero-order chi connectivity index (χ0) is 21.2. The van der Waals surface area contributed by atoms with Crippen molar-refractivity contribution in [2.45, 2.75) is 19.4 Å². The molecule has 2 aliphatic heterocycles. The number of hydrazone groups is 1. The van der Waals surface area contributed by atoms with Crippen molar-refractivity contribution in [3.8, 4) is 0 Å². The number of anilines is 1. The summed E-state index contributed by atoms with van der Waals surface area (Å²) in [4.78, 5) is 34.3. The lowest BCUT2D eigenvalue weighted by atomic mass is 10.1. The highest BCUT2D eigenvalue weighted by atomic mass is 32.1. The molecule has 2 aliphatic rings. The molecule has 8 heteroatoms. The molecule has 158 valence electrons. The third-order valence-corrected chi connectivity index (χ3v) is 6.66. The number of hydrogen-bond donors (Lipinski definition) is 0. The highest BCUT2D eigenvalue weighted by Gasteiger charge is 2.30. The molecule has 1 fully saturated rings. The van der Waals surface area contributed by atoms with Crippen LogP contribution in [0.3, 0.4) is 0 Å². The molecule has 2 amide bonds. The largest absolute Gasteiger partial charge is 0.335 e. The average Bonchev–Trinajstić information content (AvgIpc) is 3.22. The quantitative estimate of drug-likeness (QED) is 0.634. The maximum Gasteiger partial charge on any atom is 0.270 e. The molecule has 7 nitrogen and oxygen atoms in total. The lowest BCUT2D eigenvalue weighted by Crippen LogP contribution is -2.51. The Hall–Kier alpha value is -3.10. The van der Waals surface area contributed by atoms with E-state index in [0.29, 0.717) is 37.3 Å². The van der Waals surface area contributed by atoms with Gasteiger partial charge in [0.1, 0.15) is 10.7 Å². The fourth-order valence-electron chi connectivity index (χ4n) is 3.95. The summed E-state index contributed by atoms with van der Waals surface area (Å²) in [5.74, 6) is -0.142. The van der Waals surface area contributed by atoms with Crippen molar-refractivity contribution in [3.63, 3.8) is 0 Å². The van der Waals surface area contributed by atoms with Crippen molar-refractivity contribution in [1.29, 1.82) is 0 Å². The molecule has 0 spiro atoms. The van der Waals surface area contributed by atoms with Crippen LogP contribution >= 0.6 is 11.3 Å². The summed E-state index contributed by atoms with van der Waals surface area (Å²) in [6.07, 6.45) is 0.698. The van der Waals surface area contributed by atoms with Crippen molar-refractivity contribution >= 4 is 44.8 Å². The van der Waals surface area contributed by atoms with Crippen molar-refractivity contribution < 1.29 is 9.59 Å². The topological polar surface area (TPSA) is 69.1 Å². The first kappa shape index (κ1) is 19.8. The van der Waals surface area contributed by atoms with Gasteiger partial charge in [0.05, 0.1) is 22.4 Å². The van der Waals surface area contributed by atoms with E-state index in [1.165, 1.54) is 9.71 Å². The molecular formula is C23H23N5O2S. The van der Waals surface area contributed by atoms with Crippen LogP contribution in [-0.4, -0.2) is 58.5 Å². The van der Waals surface area contributed by atoms with Crippen LogP contribution in [0, 0.1) is 0 Å². The maximum atomic E-state index is 13.0. The summed E-state index contributed by atoms with van der Waals surface area (Å²) in [6, 6.07) is 17.5. The molecule has 0 aliphatic carbocycles. The third kappa shape index (κ3) is 4.22. The molecular weight excluding hydrogens is 410 g/mol. The summed E-state index contributed by atoms with van der Waals surface area (Å²) in [6.45, 7) is 3.72. The molecule has 31 heavy (non-hydrogen) atoms. The number of hydrogen-bond acceptors (Lipinski definition) is 6. The Kier molecular flexibility index (Phi) is 5.48. The fraction of sp³-hybridized carbons (Fsp3) is 0.304. The fourth-order valence-corrected chi connectivity index (χ4v) is 4.96. The number of carbonyl (C=O) groups is 2. The number of fused-ring (bicyclic) bond motifs is 1. The number of piperazine rings is 1. The number of amides is 2. The Bertz CT molecular complexity index is 1100. The van der Waals surface area contributed by atoms with Gasteiger partial charge >= 0.3 is 0 Å². The van der Waals surface area contributed by atoms with E-state index < -0.39 is 0 Å². The van der Waals surface area contributed by atoms with E-state index in [2.05, 4.69) is 16.1 Å². The first-order valence-electron chi connectivity index (χ1n) is 10.5. The van der Waals surface area contributed by atoms with E-state index in [0.717, 1.165) is 30.2 Å². The van der Waals surface area contributed by atoms with Crippen molar-refractivity contribution in [3.05, 3.63) is 59.6 Å². The predicted molar refractivity (Wildman–Crippen MR) is 122 cm³/mol. The SMILES string of the molecule is O=C(C1=NN(c2ccccc2)C(=O)CC1)N1CCN(Cc2nc3ccccc3s2)CC1. The molecule has 0 radical (unpaired) electrons. The number of para-hydroxylation sites is 2. The first-order valence-corrected chi connectivity index (χ1v) is 11.3. The minimum Gasteiger partial charge on any atom is -0.335 e. The molecule has 0 saturated carbocycles. The normalized spacial score (nSPS) is 17.8. The summed E-state index contributed by atoms with van der Waals surface area (Å²) in [7, 11) is 0. The molecule has 0 atom stereocenters. The predicted octanol–water partition coefficient (Wildman–Crippen LogP) is 3.12. The van der Waals surface area contributed by atoms with Gasteiger partial charge in [0, 0.05) is 39.0 Å². The van der Waals surface area contributed by atoms with Gasteiger partial charge in [-0.3, -0.25) is 14.5 Å². The van der Waals surface area contributed by atoms with Gasteiger partial charge in [0.25, 0.3) is 5.91 Å². The van der Waals surface area contributed by atoms with Gasteiger partial charge in [0.15, 0.2) is 0 Å². The highest BCUT2D eigenvalue weighted by Crippen LogP contribution is 2.24. The zero-order valence-electron chi connectivity index (χ0n) is 17.1. The molecule has 1 saturated heterocycles. The number of thiazole rings is 1. The Labute approximate surface area is 184 Å². The van der Waals surface area contributed by atoms with Crippen LogP contribution in [0.15, 0.2) is 59.7 Å². The summed E-state index contributed by atoms with van der Waals surface area (Å²) in [5.41, 5.74) is 2.20. The van der Waals surface area contributed by atoms with Crippen LogP contribution in [0.2, 0.25) is 0 Å². The molecule has 3 aromatic rings.